The first-order chi connectivity index (χ1) is 13.6. The van der Waals surface area contributed by atoms with Crippen LogP contribution in [-0.4, -0.2) is 64.5 Å². The summed E-state index contributed by atoms with van der Waals surface area (Å²) in [6.07, 6.45) is 5.47. The lowest BCUT2D eigenvalue weighted by Crippen LogP contribution is -2.48. The van der Waals surface area contributed by atoms with Crippen LogP contribution in [0.15, 0.2) is 29.3 Å². The van der Waals surface area contributed by atoms with Gasteiger partial charge in [-0.3, -0.25) is 4.99 Å². The van der Waals surface area contributed by atoms with E-state index in [1.54, 1.807) is 0 Å². The fourth-order valence-electron chi connectivity index (χ4n) is 4.34. The van der Waals surface area contributed by atoms with Crippen LogP contribution in [0.5, 0.6) is 0 Å². The highest BCUT2D eigenvalue weighted by molar-refractivity contribution is 14.0. The van der Waals surface area contributed by atoms with Gasteiger partial charge in [0.1, 0.15) is 0 Å². The van der Waals surface area contributed by atoms with Gasteiger partial charge in [-0.05, 0) is 49.7 Å². The van der Waals surface area contributed by atoms with E-state index in [-0.39, 0.29) is 29.4 Å². The van der Waals surface area contributed by atoms with Crippen molar-refractivity contribution in [2.75, 3.05) is 53.6 Å². The highest BCUT2D eigenvalue weighted by Gasteiger charge is 2.36. The number of ether oxygens (including phenoxy) is 2. The highest BCUT2D eigenvalue weighted by atomic mass is 127. The summed E-state index contributed by atoms with van der Waals surface area (Å²) in [5, 5.41) is 4.47. The molecular formula is C22H35ClIN3O2. The first kappa shape index (κ1) is 24.7. The topological polar surface area (TPSA) is 46.1 Å². The number of halogens is 2. The molecule has 164 valence electrons. The lowest BCUT2D eigenvalue weighted by atomic mass is 9.74. The van der Waals surface area contributed by atoms with Gasteiger partial charge in [-0.1, -0.05) is 29.8 Å². The van der Waals surface area contributed by atoms with Crippen molar-refractivity contribution in [1.29, 1.82) is 0 Å². The summed E-state index contributed by atoms with van der Waals surface area (Å²) >= 11 is 6.58. The molecule has 0 radical (unpaired) electrons. The van der Waals surface area contributed by atoms with Crippen LogP contribution in [-0.2, 0) is 14.9 Å². The third-order valence-corrected chi connectivity index (χ3v) is 6.60. The van der Waals surface area contributed by atoms with E-state index in [1.807, 2.05) is 19.2 Å². The molecule has 29 heavy (non-hydrogen) atoms. The molecule has 0 aliphatic carbocycles. The minimum atomic E-state index is -0.0198. The number of nitrogens with zero attached hydrogens (tertiary/aromatic N) is 2. The van der Waals surface area contributed by atoms with E-state index in [9.17, 15) is 0 Å². The highest BCUT2D eigenvalue weighted by Crippen LogP contribution is 2.38. The third-order valence-electron chi connectivity index (χ3n) is 6.27. The lowest BCUT2D eigenvalue weighted by Gasteiger charge is -2.39. The maximum Gasteiger partial charge on any atom is 0.193 e. The Kier molecular flexibility index (Phi) is 10.5. The Morgan fingerprint density at radius 3 is 2.48 bits per heavy atom. The van der Waals surface area contributed by atoms with Gasteiger partial charge in [-0.2, -0.15) is 0 Å². The molecule has 1 N–H and O–H groups in total. The van der Waals surface area contributed by atoms with E-state index >= 15 is 0 Å². The molecule has 7 heteroatoms. The van der Waals surface area contributed by atoms with Gasteiger partial charge in [0.2, 0.25) is 0 Å². The van der Waals surface area contributed by atoms with Crippen LogP contribution in [0.3, 0.4) is 0 Å². The average molecular weight is 536 g/mol. The average Bonchev–Trinajstić information content (AvgIpc) is 2.74. The second kappa shape index (κ2) is 12.3. The Labute approximate surface area is 197 Å². The summed E-state index contributed by atoms with van der Waals surface area (Å²) in [5.41, 5.74) is 1.20. The molecular weight excluding hydrogens is 501 g/mol. The fourth-order valence-corrected chi connectivity index (χ4v) is 4.68. The Hall–Kier alpha value is -0.570. The molecule has 1 aromatic carbocycles. The number of hydrogen-bond donors (Lipinski definition) is 1. The number of rotatable bonds is 6. The zero-order valence-corrected chi connectivity index (χ0v) is 20.7. The van der Waals surface area contributed by atoms with E-state index in [2.05, 4.69) is 34.4 Å². The van der Waals surface area contributed by atoms with Crippen molar-refractivity contribution in [3.63, 3.8) is 0 Å². The number of hydrogen-bond acceptors (Lipinski definition) is 3. The molecule has 0 unspecified atom stereocenters. The quantitative estimate of drug-likeness (QED) is 0.335. The van der Waals surface area contributed by atoms with Crippen LogP contribution >= 0.6 is 35.6 Å². The minimum absolute atomic E-state index is 0. The van der Waals surface area contributed by atoms with Crippen LogP contribution in [0.2, 0.25) is 5.02 Å². The van der Waals surface area contributed by atoms with Crippen molar-refractivity contribution in [1.82, 2.24) is 10.2 Å². The van der Waals surface area contributed by atoms with Gasteiger partial charge < -0.3 is 19.7 Å². The monoisotopic (exact) mass is 535 g/mol. The van der Waals surface area contributed by atoms with Crippen molar-refractivity contribution >= 4 is 41.5 Å². The summed E-state index contributed by atoms with van der Waals surface area (Å²) in [7, 11) is 3.99. The molecule has 2 aliphatic rings. The van der Waals surface area contributed by atoms with E-state index in [1.165, 1.54) is 24.8 Å². The van der Waals surface area contributed by atoms with Gasteiger partial charge in [0.05, 0.1) is 0 Å². The Morgan fingerprint density at radius 1 is 1.17 bits per heavy atom. The summed E-state index contributed by atoms with van der Waals surface area (Å²) in [4.78, 5) is 6.77. The number of benzene rings is 1. The number of guanidine groups is 1. The van der Waals surface area contributed by atoms with E-state index < -0.39 is 0 Å². The molecule has 2 fully saturated rings. The summed E-state index contributed by atoms with van der Waals surface area (Å²) in [6, 6.07) is 8.22. The number of aliphatic imine (C=N–C) groups is 1. The van der Waals surface area contributed by atoms with Gasteiger partial charge in [0, 0.05) is 64.1 Å². The van der Waals surface area contributed by atoms with Gasteiger partial charge in [-0.25, -0.2) is 0 Å². The molecule has 0 aromatic heterocycles. The van der Waals surface area contributed by atoms with Gasteiger partial charge in [0.15, 0.2) is 5.96 Å². The fraction of sp³-hybridized carbons (Fsp3) is 0.682. The molecule has 3 rings (SSSR count). The van der Waals surface area contributed by atoms with E-state index in [4.69, 9.17) is 21.1 Å². The van der Waals surface area contributed by atoms with Crippen LogP contribution in [0.25, 0.3) is 0 Å². The lowest BCUT2D eigenvalue weighted by molar-refractivity contribution is 0.0511. The van der Waals surface area contributed by atoms with Crippen molar-refractivity contribution in [2.24, 2.45) is 10.9 Å². The Balaban J connectivity index is 0.00000300. The van der Waals surface area contributed by atoms with Crippen LogP contribution in [0, 0.1) is 5.92 Å². The standard InChI is InChI=1S/C22H34ClN3O2.HI/c1-24-21(26(2)12-7-18-8-13-27-14-9-18)25-17-22(10-15-28-16-11-22)19-5-3-4-6-20(19)23;/h3-6,18H,7-17H2,1-2H3,(H,24,25);1H. The summed E-state index contributed by atoms with van der Waals surface area (Å²) in [6.45, 7) is 5.17. The molecule has 0 bridgehead atoms. The molecule has 0 atom stereocenters. The number of nitrogens with one attached hydrogen (secondary N) is 1. The maximum atomic E-state index is 6.58. The minimum Gasteiger partial charge on any atom is -0.381 e. The second-order valence-corrected chi connectivity index (χ2v) is 8.45. The van der Waals surface area contributed by atoms with Crippen molar-refractivity contribution in [3.05, 3.63) is 34.9 Å². The molecule has 5 nitrogen and oxygen atoms in total. The van der Waals surface area contributed by atoms with Crippen LogP contribution < -0.4 is 5.32 Å². The van der Waals surface area contributed by atoms with Crippen LogP contribution in [0.4, 0.5) is 0 Å². The summed E-state index contributed by atoms with van der Waals surface area (Å²) in [5.74, 6) is 1.71. The zero-order chi connectivity index (χ0) is 19.8. The molecule has 2 aliphatic heterocycles. The van der Waals surface area contributed by atoms with E-state index in [0.29, 0.717) is 0 Å². The SMILES string of the molecule is CN=C(NCC1(c2ccccc2Cl)CCOCC1)N(C)CCC1CCOCC1.I. The first-order valence-corrected chi connectivity index (χ1v) is 10.8. The Morgan fingerprint density at radius 2 is 1.83 bits per heavy atom. The van der Waals surface area contributed by atoms with Crippen molar-refractivity contribution in [2.45, 2.75) is 37.5 Å². The Bertz CT molecular complexity index is 647. The van der Waals surface area contributed by atoms with E-state index in [0.717, 1.165) is 69.3 Å². The molecule has 0 spiro atoms. The predicted molar refractivity (Wildman–Crippen MR) is 131 cm³/mol. The molecule has 0 amide bonds. The van der Waals surface area contributed by atoms with Gasteiger partial charge in [-0.15, -0.1) is 24.0 Å². The molecule has 0 saturated carbocycles. The first-order valence-electron chi connectivity index (χ1n) is 10.5. The smallest absolute Gasteiger partial charge is 0.193 e. The van der Waals surface area contributed by atoms with Crippen LogP contribution in [0.1, 0.15) is 37.7 Å². The predicted octanol–water partition coefficient (Wildman–Crippen LogP) is 4.33. The van der Waals surface area contributed by atoms with Crippen molar-refractivity contribution in [3.8, 4) is 0 Å². The zero-order valence-electron chi connectivity index (χ0n) is 17.7. The molecule has 1 aromatic rings. The van der Waals surface area contributed by atoms with Crippen molar-refractivity contribution < 1.29 is 9.47 Å². The normalized spacial score (nSPS) is 20.0. The maximum absolute atomic E-state index is 6.58. The molecule has 2 saturated heterocycles. The van der Waals surface area contributed by atoms with Gasteiger partial charge in [0.25, 0.3) is 0 Å². The summed E-state index contributed by atoms with van der Waals surface area (Å²) < 4.78 is 11.1. The van der Waals surface area contributed by atoms with Gasteiger partial charge >= 0.3 is 0 Å². The second-order valence-electron chi connectivity index (χ2n) is 8.04. The third kappa shape index (κ3) is 6.71. The largest absolute Gasteiger partial charge is 0.381 e. The molecule has 2 heterocycles.